The highest BCUT2D eigenvalue weighted by Crippen LogP contribution is 2.31. The number of fused-ring (bicyclic) bond motifs is 1. The van der Waals surface area contributed by atoms with Gasteiger partial charge in [-0.05, 0) is 43.2 Å². The maximum atomic E-state index is 13.3. The number of nitrogens with one attached hydrogen (secondary N) is 1. The summed E-state index contributed by atoms with van der Waals surface area (Å²) in [6.45, 7) is 3.54. The molecule has 3 heterocycles. The number of hydrogen-bond acceptors (Lipinski definition) is 4. The predicted octanol–water partition coefficient (Wildman–Crippen LogP) is 1.84. The minimum Gasteiger partial charge on any atom is -0.391 e. The number of aryl methyl sites for hydroxylation is 1. The first-order valence-electron chi connectivity index (χ1n) is 9.24. The second-order valence-electron chi connectivity index (χ2n) is 7.39. The summed E-state index contributed by atoms with van der Waals surface area (Å²) in [6.07, 6.45) is 2.01. The lowest BCUT2D eigenvalue weighted by molar-refractivity contribution is 0.0188. The Hall–Kier alpha value is -2.18. The van der Waals surface area contributed by atoms with Gasteiger partial charge in [-0.3, -0.25) is 9.59 Å². The lowest BCUT2D eigenvalue weighted by Gasteiger charge is -2.33. The molecule has 138 valence electrons. The number of aliphatic hydroxyl groups is 1. The van der Waals surface area contributed by atoms with E-state index in [1.54, 1.807) is 11.0 Å². The number of carbonyl (C=O) groups is 1. The fourth-order valence-corrected chi connectivity index (χ4v) is 4.37. The number of carbonyl (C=O) groups excluding carboxylic acids is 1. The Labute approximate surface area is 151 Å². The number of amides is 1. The van der Waals surface area contributed by atoms with E-state index < -0.39 is 6.10 Å². The second kappa shape index (κ2) is 6.85. The fraction of sp³-hybridized carbons (Fsp3) is 0.500. The van der Waals surface area contributed by atoms with Gasteiger partial charge in [0, 0.05) is 30.5 Å². The van der Waals surface area contributed by atoms with Crippen molar-refractivity contribution in [2.24, 2.45) is 5.92 Å². The molecule has 2 saturated heterocycles. The summed E-state index contributed by atoms with van der Waals surface area (Å²) in [6, 6.07) is 7.26. The third kappa shape index (κ3) is 2.93. The summed E-state index contributed by atoms with van der Waals surface area (Å²) in [7, 11) is 0. The molecule has 2 aliphatic rings. The van der Waals surface area contributed by atoms with E-state index in [2.05, 4.69) is 4.98 Å². The molecule has 1 aromatic heterocycles. The van der Waals surface area contributed by atoms with Gasteiger partial charge >= 0.3 is 0 Å². The van der Waals surface area contributed by atoms with Crippen LogP contribution in [0.3, 0.4) is 0 Å². The van der Waals surface area contributed by atoms with Gasteiger partial charge < -0.3 is 19.7 Å². The number of pyridine rings is 1. The van der Waals surface area contributed by atoms with Crippen molar-refractivity contribution in [2.75, 3.05) is 19.8 Å². The van der Waals surface area contributed by atoms with E-state index in [0.29, 0.717) is 30.7 Å². The minimum absolute atomic E-state index is 0.0489. The number of aromatic nitrogens is 1. The molecule has 2 N–H and O–H groups in total. The predicted molar refractivity (Wildman–Crippen MR) is 98.3 cm³/mol. The zero-order valence-electron chi connectivity index (χ0n) is 14.9. The van der Waals surface area contributed by atoms with Crippen molar-refractivity contribution in [1.29, 1.82) is 0 Å². The van der Waals surface area contributed by atoms with Gasteiger partial charge in [0.05, 0.1) is 12.7 Å². The van der Waals surface area contributed by atoms with Crippen LogP contribution < -0.4 is 5.56 Å². The van der Waals surface area contributed by atoms with Gasteiger partial charge in [-0.1, -0.05) is 18.2 Å². The summed E-state index contributed by atoms with van der Waals surface area (Å²) in [4.78, 5) is 30.2. The number of hydrogen-bond donors (Lipinski definition) is 2. The van der Waals surface area contributed by atoms with Crippen molar-refractivity contribution in [3.8, 4) is 0 Å². The Kier molecular flexibility index (Phi) is 4.54. The molecule has 3 unspecified atom stereocenters. The molecule has 0 aliphatic carbocycles. The minimum atomic E-state index is -0.529. The highest BCUT2D eigenvalue weighted by atomic mass is 16.5. The quantitative estimate of drug-likeness (QED) is 0.860. The molecule has 0 bridgehead atoms. The summed E-state index contributed by atoms with van der Waals surface area (Å²) < 4.78 is 5.59. The summed E-state index contributed by atoms with van der Waals surface area (Å²) in [5.41, 5.74) is 0.835. The smallest absolute Gasteiger partial charge is 0.271 e. The number of rotatable bonds is 2. The van der Waals surface area contributed by atoms with Crippen LogP contribution in [0.1, 0.15) is 35.3 Å². The number of H-pyrrole nitrogens is 1. The van der Waals surface area contributed by atoms with E-state index in [1.165, 1.54) is 0 Å². The standard InChI is InChI=1S/C20H24N2O4/c1-12-15-6-2-3-7-16(15)19(24)21-18(12)20(25)22-10-14(23)9-17(22)13-5-4-8-26-11-13/h2-3,6-7,13-14,17,23H,4-5,8-11H2,1H3,(H,21,24). The number of aliphatic hydroxyl groups excluding tert-OH is 1. The Bertz CT molecular complexity index is 885. The average molecular weight is 356 g/mol. The van der Waals surface area contributed by atoms with Crippen LogP contribution in [0.15, 0.2) is 29.1 Å². The van der Waals surface area contributed by atoms with Crippen LogP contribution in [0.4, 0.5) is 0 Å². The van der Waals surface area contributed by atoms with Gasteiger partial charge in [0.25, 0.3) is 11.5 Å². The van der Waals surface area contributed by atoms with Crippen LogP contribution in [0.2, 0.25) is 0 Å². The van der Waals surface area contributed by atoms with Crippen LogP contribution >= 0.6 is 0 Å². The molecule has 0 spiro atoms. The van der Waals surface area contributed by atoms with Crippen molar-refractivity contribution < 1.29 is 14.6 Å². The van der Waals surface area contributed by atoms with Crippen molar-refractivity contribution in [3.63, 3.8) is 0 Å². The van der Waals surface area contributed by atoms with Gasteiger partial charge in [-0.2, -0.15) is 0 Å². The molecule has 26 heavy (non-hydrogen) atoms. The van der Waals surface area contributed by atoms with Crippen LogP contribution in [-0.4, -0.2) is 52.8 Å². The molecule has 1 aromatic carbocycles. The normalized spacial score (nSPS) is 26.4. The Morgan fingerprint density at radius 1 is 1.31 bits per heavy atom. The van der Waals surface area contributed by atoms with E-state index in [-0.39, 0.29) is 23.4 Å². The van der Waals surface area contributed by atoms with Crippen LogP contribution in [0, 0.1) is 12.8 Å². The van der Waals surface area contributed by atoms with Crippen LogP contribution in [-0.2, 0) is 4.74 Å². The molecule has 6 heteroatoms. The number of likely N-dealkylation sites (tertiary alicyclic amines) is 1. The summed E-state index contributed by atoms with van der Waals surface area (Å²) in [5, 5.41) is 11.6. The largest absolute Gasteiger partial charge is 0.391 e. The third-order valence-corrected chi connectivity index (χ3v) is 5.72. The first kappa shape index (κ1) is 17.2. The van der Waals surface area contributed by atoms with E-state index >= 15 is 0 Å². The number of nitrogens with zero attached hydrogens (tertiary/aromatic N) is 1. The van der Waals surface area contributed by atoms with Crippen molar-refractivity contribution in [3.05, 3.63) is 45.9 Å². The zero-order valence-corrected chi connectivity index (χ0v) is 14.9. The molecule has 2 aromatic rings. The number of aromatic amines is 1. The molecule has 1 amide bonds. The van der Waals surface area contributed by atoms with Crippen LogP contribution in [0.5, 0.6) is 0 Å². The Morgan fingerprint density at radius 2 is 2.08 bits per heavy atom. The van der Waals surface area contributed by atoms with E-state index in [0.717, 1.165) is 30.4 Å². The van der Waals surface area contributed by atoms with Gasteiger partial charge in [-0.15, -0.1) is 0 Å². The van der Waals surface area contributed by atoms with Gasteiger partial charge in [0.2, 0.25) is 0 Å². The maximum absolute atomic E-state index is 13.3. The first-order valence-corrected chi connectivity index (χ1v) is 9.24. The Morgan fingerprint density at radius 3 is 2.81 bits per heavy atom. The monoisotopic (exact) mass is 356 g/mol. The van der Waals surface area contributed by atoms with Gasteiger partial charge in [0.15, 0.2) is 0 Å². The van der Waals surface area contributed by atoms with Crippen molar-refractivity contribution >= 4 is 16.7 Å². The number of benzene rings is 1. The van der Waals surface area contributed by atoms with E-state index in [4.69, 9.17) is 4.74 Å². The molecular weight excluding hydrogens is 332 g/mol. The fourth-order valence-electron chi connectivity index (χ4n) is 4.37. The lowest BCUT2D eigenvalue weighted by Crippen LogP contribution is -2.43. The zero-order chi connectivity index (χ0) is 18.3. The van der Waals surface area contributed by atoms with Gasteiger partial charge in [-0.25, -0.2) is 0 Å². The summed E-state index contributed by atoms with van der Waals surface area (Å²) in [5.74, 6) is 0.0230. The molecule has 2 fully saturated rings. The number of ether oxygens (including phenoxy) is 1. The molecular formula is C20H24N2O4. The van der Waals surface area contributed by atoms with E-state index in [1.807, 2.05) is 25.1 Å². The Balaban J connectivity index is 1.71. The van der Waals surface area contributed by atoms with Crippen LogP contribution in [0.25, 0.3) is 10.8 Å². The first-order chi connectivity index (χ1) is 12.6. The third-order valence-electron chi connectivity index (χ3n) is 5.72. The lowest BCUT2D eigenvalue weighted by atomic mass is 9.91. The summed E-state index contributed by atoms with van der Waals surface area (Å²) >= 11 is 0. The number of β-amino-alcohol motifs (C(OH)–C–C–N with tert-alkyl or cyclic N) is 1. The highest BCUT2D eigenvalue weighted by Gasteiger charge is 2.40. The highest BCUT2D eigenvalue weighted by molar-refractivity contribution is 5.99. The SMILES string of the molecule is Cc1c(C(=O)N2CC(O)CC2C2CCCOC2)[nH]c(=O)c2ccccc12. The molecule has 0 radical (unpaired) electrons. The topological polar surface area (TPSA) is 82.6 Å². The van der Waals surface area contributed by atoms with Crippen molar-refractivity contribution in [1.82, 2.24) is 9.88 Å². The molecule has 2 aliphatic heterocycles. The molecule has 4 rings (SSSR count). The maximum Gasteiger partial charge on any atom is 0.271 e. The van der Waals surface area contributed by atoms with Gasteiger partial charge in [0.1, 0.15) is 5.69 Å². The molecule has 0 saturated carbocycles. The second-order valence-corrected chi connectivity index (χ2v) is 7.39. The molecule has 6 nitrogen and oxygen atoms in total. The van der Waals surface area contributed by atoms with E-state index in [9.17, 15) is 14.7 Å². The average Bonchev–Trinajstić information content (AvgIpc) is 3.07. The van der Waals surface area contributed by atoms with Crippen molar-refractivity contribution in [2.45, 2.75) is 38.3 Å². The molecule has 3 atom stereocenters.